The molecular weight excluding hydrogens is 326 g/mol. The fraction of sp³-hybridized carbons (Fsp3) is 0.158. The van der Waals surface area contributed by atoms with E-state index in [4.69, 9.17) is 4.52 Å². The van der Waals surface area contributed by atoms with Crippen molar-refractivity contribution in [3.63, 3.8) is 0 Å². The van der Waals surface area contributed by atoms with E-state index in [0.29, 0.717) is 5.69 Å². The second-order valence-corrected chi connectivity index (χ2v) is 5.78. The van der Waals surface area contributed by atoms with Crippen molar-refractivity contribution in [3.8, 4) is 11.3 Å². The van der Waals surface area contributed by atoms with Crippen LogP contribution in [0.3, 0.4) is 0 Å². The first-order valence-electron chi connectivity index (χ1n) is 7.71. The van der Waals surface area contributed by atoms with Crippen LogP contribution in [-0.4, -0.2) is 11.1 Å². The molecule has 2 aromatic carbocycles. The Morgan fingerprint density at radius 2 is 1.96 bits per heavy atom. The molecule has 0 aliphatic heterocycles. The Morgan fingerprint density at radius 1 is 1.16 bits per heavy atom. The minimum atomic E-state index is -0.748. The molecule has 1 heterocycles. The molecule has 0 bridgehead atoms. The summed E-state index contributed by atoms with van der Waals surface area (Å²) in [4.78, 5) is 12.2. The highest BCUT2D eigenvalue weighted by Gasteiger charge is 2.15. The van der Waals surface area contributed by atoms with Gasteiger partial charge in [-0.25, -0.2) is 8.78 Å². The summed E-state index contributed by atoms with van der Waals surface area (Å²) in [6.45, 7) is 3.89. The highest BCUT2D eigenvalue weighted by atomic mass is 19.1. The smallest absolute Gasteiger partial charge is 0.230 e. The molecule has 0 saturated carbocycles. The van der Waals surface area contributed by atoms with Gasteiger partial charge in [0.05, 0.1) is 17.7 Å². The lowest BCUT2D eigenvalue weighted by Gasteiger charge is -2.09. The quantitative estimate of drug-likeness (QED) is 0.764. The number of nitrogens with one attached hydrogen (secondary N) is 1. The van der Waals surface area contributed by atoms with Crippen LogP contribution < -0.4 is 5.32 Å². The van der Waals surface area contributed by atoms with Gasteiger partial charge in [0, 0.05) is 17.8 Å². The number of carbonyl (C=O) groups excluding carboxylic acids is 1. The summed E-state index contributed by atoms with van der Waals surface area (Å²) in [6.07, 6.45) is -0.0142. The van der Waals surface area contributed by atoms with Crippen LogP contribution in [0.4, 0.5) is 14.5 Å². The Balaban J connectivity index is 1.73. The molecule has 0 unspecified atom stereocenters. The molecule has 3 aromatic rings. The number of carbonyl (C=O) groups is 1. The fourth-order valence-corrected chi connectivity index (χ4v) is 2.46. The highest BCUT2D eigenvalue weighted by Crippen LogP contribution is 2.24. The number of hydrogen-bond acceptors (Lipinski definition) is 3. The van der Waals surface area contributed by atoms with Crippen LogP contribution in [0.2, 0.25) is 0 Å². The number of aryl methyl sites for hydroxylation is 1. The third kappa shape index (κ3) is 3.74. The van der Waals surface area contributed by atoms with E-state index in [1.807, 2.05) is 32.0 Å². The van der Waals surface area contributed by atoms with E-state index in [1.54, 1.807) is 0 Å². The van der Waals surface area contributed by atoms with Crippen LogP contribution in [0, 0.1) is 25.5 Å². The van der Waals surface area contributed by atoms with E-state index in [9.17, 15) is 13.6 Å². The van der Waals surface area contributed by atoms with Crippen molar-refractivity contribution in [3.05, 3.63) is 70.9 Å². The maximum Gasteiger partial charge on any atom is 0.230 e. The average Bonchev–Trinajstić information content (AvgIpc) is 3.00. The van der Waals surface area contributed by atoms with Crippen LogP contribution in [0.5, 0.6) is 0 Å². The van der Waals surface area contributed by atoms with E-state index in [0.717, 1.165) is 28.9 Å². The van der Waals surface area contributed by atoms with Gasteiger partial charge in [0.1, 0.15) is 11.6 Å². The molecule has 0 aliphatic rings. The van der Waals surface area contributed by atoms with Gasteiger partial charge >= 0.3 is 0 Å². The molecule has 0 spiro atoms. The molecule has 1 N–H and O–H groups in total. The first-order chi connectivity index (χ1) is 11.9. The summed E-state index contributed by atoms with van der Waals surface area (Å²) >= 11 is 0. The first kappa shape index (κ1) is 16.8. The Bertz CT molecular complexity index is 935. The number of nitrogens with zero attached hydrogens (tertiary/aromatic N) is 1. The third-order valence-corrected chi connectivity index (χ3v) is 3.98. The van der Waals surface area contributed by atoms with Crippen molar-refractivity contribution >= 4 is 11.6 Å². The van der Waals surface area contributed by atoms with Crippen LogP contribution in [0.25, 0.3) is 11.3 Å². The van der Waals surface area contributed by atoms with E-state index >= 15 is 0 Å². The maximum absolute atomic E-state index is 13.8. The number of benzene rings is 2. The van der Waals surface area contributed by atoms with Gasteiger partial charge < -0.3 is 9.84 Å². The van der Waals surface area contributed by atoms with Crippen LogP contribution in [0.15, 0.2) is 47.0 Å². The summed E-state index contributed by atoms with van der Waals surface area (Å²) in [5, 5.41) is 6.60. The van der Waals surface area contributed by atoms with E-state index in [1.165, 1.54) is 12.1 Å². The molecule has 1 aromatic heterocycles. The molecule has 0 radical (unpaired) electrons. The largest absolute Gasteiger partial charge is 0.356 e. The van der Waals surface area contributed by atoms with Crippen molar-refractivity contribution in [1.82, 2.24) is 5.16 Å². The SMILES string of the molecule is Cc1cccc(NC(=O)Cc2cc(-c3ccc(F)cc3F)on2)c1C. The fourth-order valence-electron chi connectivity index (χ4n) is 2.46. The Labute approximate surface area is 143 Å². The number of amides is 1. The summed E-state index contributed by atoms with van der Waals surface area (Å²) in [6, 6.07) is 10.3. The zero-order valence-electron chi connectivity index (χ0n) is 13.8. The Morgan fingerprint density at radius 3 is 2.72 bits per heavy atom. The Hall–Kier alpha value is -3.02. The monoisotopic (exact) mass is 342 g/mol. The minimum Gasteiger partial charge on any atom is -0.356 e. The number of rotatable bonds is 4. The molecule has 0 atom stereocenters. The highest BCUT2D eigenvalue weighted by molar-refractivity contribution is 5.93. The Kier molecular flexibility index (Phi) is 4.61. The summed E-state index contributed by atoms with van der Waals surface area (Å²) in [5.74, 6) is -1.53. The topological polar surface area (TPSA) is 55.1 Å². The zero-order valence-corrected chi connectivity index (χ0v) is 13.8. The van der Waals surface area contributed by atoms with Crippen molar-refractivity contribution < 1.29 is 18.1 Å². The molecule has 1 amide bonds. The lowest BCUT2D eigenvalue weighted by molar-refractivity contribution is -0.115. The molecule has 0 aliphatic carbocycles. The van der Waals surface area contributed by atoms with Crippen molar-refractivity contribution in [2.24, 2.45) is 0 Å². The van der Waals surface area contributed by atoms with E-state index in [2.05, 4.69) is 10.5 Å². The van der Waals surface area contributed by atoms with Gasteiger partial charge in [-0.05, 0) is 43.2 Å². The van der Waals surface area contributed by atoms with Gasteiger partial charge in [-0.3, -0.25) is 4.79 Å². The van der Waals surface area contributed by atoms with Crippen molar-refractivity contribution in [2.75, 3.05) is 5.32 Å². The van der Waals surface area contributed by atoms with Crippen LogP contribution in [0.1, 0.15) is 16.8 Å². The molecular formula is C19H16F2N2O2. The minimum absolute atomic E-state index is 0.0142. The van der Waals surface area contributed by atoms with Gasteiger partial charge in [0.2, 0.25) is 5.91 Å². The predicted molar refractivity (Wildman–Crippen MR) is 90.1 cm³/mol. The summed E-state index contributed by atoms with van der Waals surface area (Å²) < 4.78 is 31.8. The number of anilines is 1. The molecule has 128 valence electrons. The maximum atomic E-state index is 13.8. The lowest BCUT2D eigenvalue weighted by Crippen LogP contribution is -2.15. The van der Waals surface area contributed by atoms with Crippen molar-refractivity contribution in [1.29, 1.82) is 0 Å². The van der Waals surface area contributed by atoms with Crippen molar-refractivity contribution in [2.45, 2.75) is 20.3 Å². The second kappa shape index (κ2) is 6.84. The summed E-state index contributed by atoms with van der Waals surface area (Å²) in [7, 11) is 0. The standard InChI is InChI=1S/C19H16F2N2O2/c1-11-4-3-5-17(12(11)2)22-19(24)10-14-9-18(25-23-14)15-7-6-13(20)8-16(15)21/h3-9H,10H2,1-2H3,(H,22,24). The molecule has 4 nitrogen and oxygen atoms in total. The average molecular weight is 342 g/mol. The zero-order chi connectivity index (χ0) is 18.0. The van der Waals surface area contributed by atoms with Gasteiger partial charge in [0.15, 0.2) is 5.76 Å². The normalized spacial score (nSPS) is 10.7. The number of halogens is 2. The van der Waals surface area contributed by atoms with Gasteiger partial charge in [-0.15, -0.1) is 0 Å². The summed E-state index contributed by atoms with van der Waals surface area (Å²) in [5.41, 5.74) is 3.26. The molecule has 6 heteroatoms. The van der Waals surface area contributed by atoms with Gasteiger partial charge in [-0.2, -0.15) is 0 Å². The van der Waals surface area contributed by atoms with Crippen LogP contribution >= 0.6 is 0 Å². The second-order valence-electron chi connectivity index (χ2n) is 5.78. The molecule has 0 fully saturated rings. The first-order valence-corrected chi connectivity index (χ1v) is 7.71. The molecule has 25 heavy (non-hydrogen) atoms. The van der Waals surface area contributed by atoms with Gasteiger partial charge in [0.25, 0.3) is 0 Å². The molecule has 3 rings (SSSR count). The predicted octanol–water partition coefficient (Wildman–Crippen LogP) is 4.42. The van der Waals surface area contributed by atoms with Gasteiger partial charge in [-0.1, -0.05) is 17.3 Å². The van der Waals surface area contributed by atoms with Crippen LogP contribution in [-0.2, 0) is 11.2 Å². The third-order valence-electron chi connectivity index (χ3n) is 3.98. The number of hydrogen-bond donors (Lipinski definition) is 1. The van der Waals surface area contributed by atoms with E-state index in [-0.39, 0.29) is 23.7 Å². The molecule has 0 saturated heterocycles. The van der Waals surface area contributed by atoms with E-state index < -0.39 is 11.6 Å². The number of aromatic nitrogens is 1. The lowest BCUT2D eigenvalue weighted by atomic mass is 10.1.